The van der Waals surface area contributed by atoms with E-state index in [0.29, 0.717) is 17.0 Å². The SMILES string of the molecule is Cc1cccc(-c2nc3c(=O)n(C)c4ccccc4c3o2)c1. The summed E-state index contributed by atoms with van der Waals surface area (Å²) in [5, 5.41) is 0.894. The average Bonchev–Trinajstić information content (AvgIpc) is 2.98. The Labute approximate surface area is 126 Å². The van der Waals surface area contributed by atoms with Gasteiger partial charge in [0, 0.05) is 18.0 Å². The molecule has 108 valence electrons. The summed E-state index contributed by atoms with van der Waals surface area (Å²) in [5.41, 5.74) is 3.62. The Balaban J connectivity index is 2.12. The number of para-hydroxylation sites is 1. The van der Waals surface area contributed by atoms with Crippen LogP contribution in [0.15, 0.2) is 57.7 Å². The van der Waals surface area contributed by atoms with E-state index < -0.39 is 0 Å². The van der Waals surface area contributed by atoms with Crippen LogP contribution in [0.4, 0.5) is 0 Å². The second kappa shape index (κ2) is 4.56. The van der Waals surface area contributed by atoms with E-state index in [4.69, 9.17) is 4.42 Å². The smallest absolute Gasteiger partial charge is 0.280 e. The number of aromatic nitrogens is 2. The molecule has 2 aromatic carbocycles. The molecule has 0 saturated carbocycles. The number of rotatable bonds is 1. The second-order valence-corrected chi connectivity index (χ2v) is 5.45. The highest BCUT2D eigenvalue weighted by molar-refractivity contribution is 6.01. The van der Waals surface area contributed by atoms with E-state index in [9.17, 15) is 4.79 Å². The number of fused-ring (bicyclic) bond motifs is 3. The van der Waals surface area contributed by atoms with E-state index in [1.54, 1.807) is 11.6 Å². The van der Waals surface area contributed by atoms with Gasteiger partial charge in [-0.25, -0.2) is 4.98 Å². The van der Waals surface area contributed by atoms with Crippen LogP contribution in [-0.4, -0.2) is 9.55 Å². The lowest BCUT2D eigenvalue weighted by Gasteiger charge is -2.03. The first kappa shape index (κ1) is 12.8. The maximum Gasteiger partial charge on any atom is 0.280 e. The van der Waals surface area contributed by atoms with Crippen LogP contribution < -0.4 is 5.56 Å². The van der Waals surface area contributed by atoms with E-state index in [0.717, 1.165) is 22.0 Å². The summed E-state index contributed by atoms with van der Waals surface area (Å²) in [6.45, 7) is 2.01. The third-order valence-electron chi connectivity index (χ3n) is 3.91. The summed E-state index contributed by atoms with van der Waals surface area (Å²) < 4.78 is 7.55. The molecule has 0 radical (unpaired) electrons. The van der Waals surface area contributed by atoms with Crippen LogP contribution in [0.1, 0.15) is 5.56 Å². The van der Waals surface area contributed by atoms with Gasteiger partial charge in [0.15, 0.2) is 11.1 Å². The van der Waals surface area contributed by atoms with Crippen LogP contribution >= 0.6 is 0 Å². The monoisotopic (exact) mass is 290 g/mol. The van der Waals surface area contributed by atoms with E-state index in [1.165, 1.54) is 0 Å². The van der Waals surface area contributed by atoms with Crippen LogP contribution in [0.2, 0.25) is 0 Å². The van der Waals surface area contributed by atoms with Gasteiger partial charge in [0.25, 0.3) is 5.56 Å². The Bertz CT molecular complexity index is 1070. The Morgan fingerprint density at radius 2 is 1.91 bits per heavy atom. The minimum absolute atomic E-state index is 0.142. The van der Waals surface area contributed by atoms with Crippen molar-refractivity contribution in [3.05, 3.63) is 64.4 Å². The first-order valence-corrected chi connectivity index (χ1v) is 7.10. The molecule has 4 aromatic rings. The molecule has 0 unspecified atom stereocenters. The lowest BCUT2D eigenvalue weighted by atomic mass is 10.1. The molecule has 22 heavy (non-hydrogen) atoms. The zero-order chi connectivity index (χ0) is 15.3. The molecule has 0 N–H and O–H groups in total. The number of oxazole rings is 1. The molecule has 4 rings (SSSR count). The lowest BCUT2D eigenvalue weighted by Crippen LogP contribution is -2.17. The molecule has 0 atom stereocenters. The molecule has 0 aliphatic rings. The van der Waals surface area contributed by atoms with Gasteiger partial charge in [-0.3, -0.25) is 4.79 Å². The molecule has 0 saturated heterocycles. The summed E-state index contributed by atoms with van der Waals surface area (Å²) in [5.74, 6) is 0.479. The maximum atomic E-state index is 12.5. The number of aryl methyl sites for hydroxylation is 2. The number of hydrogen-bond donors (Lipinski definition) is 0. The van der Waals surface area contributed by atoms with Crippen molar-refractivity contribution in [2.75, 3.05) is 0 Å². The van der Waals surface area contributed by atoms with Crippen molar-refractivity contribution in [2.45, 2.75) is 6.92 Å². The van der Waals surface area contributed by atoms with Gasteiger partial charge in [0.1, 0.15) is 0 Å². The molecule has 4 heteroatoms. The van der Waals surface area contributed by atoms with Crippen molar-refractivity contribution >= 4 is 22.0 Å². The zero-order valence-electron chi connectivity index (χ0n) is 12.3. The van der Waals surface area contributed by atoms with Crippen LogP contribution in [0, 0.1) is 6.92 Å². The van der Waals surface area contributed by atoms with E-state index in [2.05, 4.69) is 4.98 Å². The number of benzene rings is 2. The topological polar surface area (TPSA) is 48.0 Å². The van der Waals surface area contributed by atoms with Gasteiger partial charge in [-0.15, -0.1) is 0 Å². The fourth-order valence-corrected chi connectivity index (χ4v) is 2.78. The van der Waals surface area contributed by atoms with Crippen LogP contribution in [0.25, 0.3) is 33.5 Å². The number of nitrogens with zero attached hydrogens (tertiary/aromatic N) is 2. The molecule has 0 aliphatic heterocycles. The molecule has 0 fully saturated rings. The standard InChI is InChI=1S/C18H14N2O2/c1-11-6-5-7-12(10-11)17-19-15-16(22-17)13-8-3-4-9-14(13)20(2)18(15)21/h3-10H,1-2H3. The summed E-state index contributed by atoms with van der Waals surface area (Å²) in [6, 6.07) is 15.6. The van der Waals surface area contributed by atoms with Gasteiger partial charge >= 0.3 is 0 Å². The largest absolute Gasteiger partial charge is 0.435 e. The van der Waals surface area contributed by atoms with Crippen molar-refractivity contribution in [3.8, 4) is 11.5 Å². The van der Waals surface area contributed by atoms with Crippen molar-refractivity contribution in [1.82, 2.24) is 9.55 Å². The van der Waals surface area contributed by atoms with E-state index >= 15 is 0 Å². The highest BCUT2D eigenvalue weighted by Crippen LogP contribution is 2.28. The minimum atomic E-state index is -0.142. The molecule has 0 amide bonds. The molecule has 0 bridgehead atoms. The Morgan fingerprint density at radius 3 is 2.73 bits per heavy atom. The third kappa shape index (κ3) is 1.77. The van der Waals surface area contributed by atoms with E-state index in [-0.39, 0.29) is 5.56 Å². The van der Waals surface area contributed by atoms with Gasteiger partial charge in [0.05, 0.1) is 5.52 Å². The van der Waals surface area contributed by atoms with Gasteiger partial charge < -0.3 is 8.98 Å². The summed E-state index contributed by atoms with van der Waals surface area (Å²) in [4.78, 5) is 16.9. The van der Waals surface area contributed by atoms with Gasteiger partial charge in [-0.05, 0) is 31.2 Å². The van der Waals surface area contributed by atoms with Crippen LogP contribution in [0.5, 0.6) is 0 Å². The quantitative estimate of drug-likeness (QED) is 0.537. The summed E-state index contributed by atoms with van der Waals surface area (Å²) in [6.07, 6.45) is 0. The zero-order valence-corrected chi connectivity index (χ0v) is 12.3. The highest BCUT2D eigenvalue weighted by atomic mass is 16.3. The molecule has 4 nitrogen and oxygen atoms in total. The van der Waals surface area contributed by atoms with Crippen LogP contribution in [0.3, 0.4) is 0 Å². The molecule has 2 aromatic heterocycles. The normalized spacial score (nSPS) is 11.4. The molecule has 2 heterocycles. The number of pyridine rings is 1. The van der Waals surface area contributed by atoms with Crippen molar-refractivity contribution in [1.29, 1.82) is 0 Å². The minimum Gasteiger partial charge on any atom is -0.435 e. The second-order valence-electron chi connectivity index (χ2n) is 5.45. The van der Waals surface area contributed by atoms with Crippen molar-refractivity contribution in [3.63, 3.8) is 0 Å². The predicted octanol–water partition coefficient (Wildman–Crippen LogP) is 3.66. The van der Waals surface area contributed by atoms with Gasteiger partial charge in [0.2, 0.25) is 5.89 Å². The first-order valence-electron chi connectivity index (χ1n) is 7.10. The van der Waals surface area contributed by atoms with Crippen molar-refractivity contribution in [2.24, 2.45) is 7.05 Å². The lowest BCUT2D eigenvalue weighted by molar-refractivity contribution is 0.622. The van der Waals surface area contributed by atoms with Gasteiger partial charge in [-0.2, -0.15) is 0 Å². The Hall–Kier alpha value is -2.88. The third-order valence-corrected chi connectivity index (χ3v) is 3.91. The summed E-state index contributed by atoms with van der Waals surface area (Å²) >= 11 is 0. The first-order chi connectivity index (χ1) is 10.6. The fraction of sp³-hybridized carbons (Fsp3) is 0.111. The van der Waals surface area contributed by atoms with Crippen LogP contribution in [-0.2, 0) is 7.05 Å². The van der Waals surface area contributed by atoms with E-state index in [1.807, 2.05) is 55.5 Å². The highest BCUT2D eigenvalue weighted by Gasteiger charge is 2.16. The molecular weight excluding hydrogens is 276 g/mol. The maximum absolute atomic E-state index is 12.5. The fourth-order valence-electron chi connectivity index (χ4n) is 2.78. The average molecular weight is 290 g/mol. The molecule has 0 aliphatic carbocycles. The molecular formula is C18H14N2O2. The Morgan fingerprint density at radius 1 is 1.09 bits per heavy atom. The summed E-state index contributed by atoms with van der Waals surface area (Å²) in [7, 11) is 1.76. The Kier molecular flexibility index (Phi) is 2.66. The number of hydrogen-bond acceptors (Lipinski definition) is 3. The molecule has 0 spiro atoms. The van der Waals surface area contributed by atoms with Gasteiger partial charge in [-0.1, -0.05) is 29.8 Å². The van der Waals surface area contributed by atoms with Crippen molar-refractivity contribution < 1.29 is 4.42 Å². The predicted molar refractivity (Wildman–Crippen MR) is 86.9 cm³/mol.